The third kappa shape index (κ3) is 5.24. The molecule has 1 aromatic carbocycles. The first-order valence-corrected chi connectivity index (χ1v) is 14.0. The Morgan fingerprint density at radius 2 is 1.82 bits per heavy atom. The van der Waals surface area contributed by atoms with Gasteiger partial charge in [0.25, 0.3) is 0 Å². The van der Waals surface area contributed by atoms with Gasteiger partial charge in [0.2, 0.25) is 21.9 Å². The van der Waals surface area contributed by atoms with Gasteiger partial charge in [0.15, 0.2) is 9.84 Å². The molecule has 12 heteroatoms. The lowest BCUT2D eigenvalue weighted by Gasteiger charge is -2.37. The zero-order valence-corrected chi connectivity index (χ0v) is 20.5. The average molecular weight is 507 g/mol. The van der Waals surface area contributed by atoms with Crippen molar-refractivity contribution in [1.29, 1.82) is 0 Å². The number of hydrogen-bond acceptors (Lipinski definition) is 9. The third-order valence-corrected chi connectivity index (χ3v) is 8.72. The largest absolute Gasteiger partial charge is 0.481 e. The molecule has 0 aliphatic carbocycles. The van der Waals surface area contributed by atoms with Crippen molar-refractivity contribution in [1.82, 2.24) is 14.3 Å². The molecule has 1 aliphatic heterocycles. The molecular formula is C22H26N4O6S2. The first kappa shape index (κ1) is 24.2. The highest BCUT2D eigenvalue weighted by atomic mass is 32.2. The molecule has 0 atom stereocenters. The quantitative estimate of drug-likeness (QED) is 0.453. The molecule has 0 bridgehead atoms. The fourth-order valence-electron chi connectivity index (χ4n) is 3.92. The van der Waals surface area contributed by atoms with Crippen LogP contribution in [0, 0.1) is 0 Å². The van der Waals surface area contributed by atoms with Crippen molar-refractivity contribution >= 4 is 25.8 Å². The number of sulfone groups is 1. The van der Waals surface area contributed by atoms with Crippen molar-refractivity contribution < 1.29 is 26.0 Å². The summed E-state index contributed by atoms with van der Waals surface area (Å²) in [5.74, 6) is 1.49. The standard InChI is InChI=1S/C22H26N4O6S2/c1-31-21-8-11-23-22(24-21)25-12-9-17(10-13-25)26(16-18-5-4-14-32-18)34(29,30)20-7-3-6-19(15-20)33(2,27)28/h3-8,11,14-15,17H,9-10,12-13,16H2,1-2H3. The molecule has 0 spiro atoms. The molecule has 0 unspecified atom stereocenters. The number of furan rings is 1. The third-order valence-electron chi connectivity index (χ3n) is 5.71. The van der Waals surface area contributed by atoms with E-state index in [-0.39, 0.29) is 22.4 Å². The zero-order valence-electron chi connectivity index (χ0n) is 18.9. The SMILES string of the molecule is COc1ccnc(N2CCC(N(Cc3ccco3)S(=O)(=O)c3cccc(S(C)(=O)=O)c3)CC2)n1. The van der Waals surface area contributed by atoms with Crippen LogP contribution in [0.3, 0.4) is 0 Å². The Kier molecular flexibility index (Phi) is 6.91. The summed E-state index contributed by atoms with van der Waals surface area (Å²) in [6, 6.07) is 10.2. The summed E-state index contributed by atoms with van der Waals surface area (Å²) < 4.78 is 63.4. The van der Waals surface area contributed by atoms with Crippen LogP contribution in [0.5, 0.6) is 5.88 Å². The number of piperidine rings is 1. The second-order valence-electron chi connectivity index (χ2n) is 7.99. The molecule has 0 saturated carbocycles. The fraction of sp³-hybridized carbons (Fsp3) is 0.364. The van der Waals surface area contributed by atoms with Crippen molar-refractivity contribution in [3.05, 3.63) is 60.7 Å². The number of ether oxygens (including phenoxy) is 1. The van der Waals surface area contributed by atoms with Gasteiger partial charge in [0.05, 0.1) is 29.7 Å². The van der Waals surface area contributed by atoms with Crippen LogP contribution >= 0.6 is 0 Å². The minimum atomic E-state index is -4.01. The maximum Gasteiger partial charge on any atom is 0.243 e. The van der Waals surface area contributed by atoms with Crippen LogP contribution in [0.15, 0.2) is 69.1 Å². The van der Waals surface area contributed by atoms with Gasteiger partial charge >= 0.3 is 0 Å². The first-order chi connectivity index (χ1) is 16.2. The molecule has 34 heavy (non-hydrogen) atoms. The molecule has 2 aromatic heterocycles. The van der Waals surface area contributed by atoms with E-state index in [9.17, 15) is 16.8 Å². The highest BCUT2D eigenvalue weighted by Crippen LogP contribution is 2.29. The fourth-order valence-corrected chi connectivity index (χ4v) is 6.36. The Bertz CT molecular complexity index is 1340. The molecule has 3 aromatic rings. The Morgan fingerprint density at radius 1 is 1.09 bits per heavy atom. The van der Waals surface area contributed by atoms with Crippen LogP contribution in [0.25, 0.3) is 0 Å². The molecule has 1 saturated heterocycles. The van der Waals surface area contributed by atoms with Crippen LogP contribution in [0.4, 0.5) is 5.95 Å². The van der Waals surface area contributed by atoms with Gasteiger partial charge in [0, 0.05) is 37.7 Å². The van der Waals surface area contributed by atoms with E-state index in [2.05, 4.69) is 9.97 Å². The maximum absolute atomic E-state index is 13.7. The van der Waals surface area contributed by atoms with Gasteiger partial charge in [-0.05, 0) is 43.2 Å². The van der Waals surface area contributed by atoms with Gasteiger partial charge < -0.3 is 14.1 Å². The van der Waals surface area contributed by atoms with E-state index in [1.807, 2.05) is 4.90 Å². The van der Waals surface area contributed by atoms with Crippen LogP contribution in [0.2, 0.25) is 0 Å². The van der Waals surface area contributed by atoms with Crippen molar-refractivity contribution in [3.8, 4) is 5.88 Å². The van der Waals surface area contributed by atoms with E-state index in [4.69, 9.17) is 9.15 Å². The van der Waals surface area contributed by atoms with Gasteiger partial charge in [-0.15, -0.1) is 0 Å². The van der Waals surface area contributed by atoms with E-state index in [1.54, 1.807) is 24.4 Å². The Morgan fingerprint density at radius 3 is 2.47 bits per heavy atom. The summed E-state index contributed by atoms with van der Waals surface area (Å²) in [6.07, 6.45) is 5.23. The summed E-state index contributed by atoms with van der Waals surface area (Å²) in [4.78, 5) is 10.5. The minimum Gasteiger partial charge on any atom is -0.481 e. The lowest BCUT2D eigenvalue weighted by atomic mass is 10.1. The van der Waals surface area contributed by atoms with Crippen LogP contribution in [-0.2, 0) is 26.4 Å². The second-order valence-corrected chi connectivity index (χ2v) is 11.9. The number of benzene rings is 1. The summed E-state index contributed by atoms with van der Waals surface area (Å²) in [5.41, 5.74) is 0. The predicted octanol–water partition coefficient (Wildman–Crippen LogP) is 2.34. The Labute approximate surface area is 199 Å². The van der Waals surface area contributed by atoms with Gasteiger partial charge in [-0.25, -0.2) is 21.8 Å². The molecule has 0 amide bonds. The second kappa shape index (κ2) is 9.72. The topological polar surface area (TPSA) is 123 Å². The van der Waals surface area contributed by atoms with E-state index in [0.29, 0.717) is 43.5 Å². The molecule has 10 nitrogen and oxygen atoms in total. The van der Waals surface area contributed by atoms with E-state index in [0.717, 1.165) is 6.26 Å². The zero-order chi connectivity index (χ0) is 24.3. The van der Waals surface area contributed by atoms with Gasteiger partial charge in [0.1, 0.15) is 5.76 Å². The van der Waals surface area contributed by atoms with Crippen molar-refractivity contribution in [3.63, 3.8) is 0 Å². The van der Waals surface area contributed by atoms with E-state index >= 15 is 0 Å². The van der Waals surface area contributed by atoms with Gasteiger partial charge in [-0.3, -0.25) is 0 Å². The maximum atomic E-state index is 13.7. The average Bonchev–Trinajstić information content (AvgIpc) is 3.36. The number of anilines is 1. The molecule has 0 N–H and O–H groups in total. The normalized spacial score (nSPS) is 15.6. The summed E-state index contributed by atoms with van der Waals surface area (Å²) in [6.45, 7) is 1.13. The van der Waals surface area contributed by atoms with Crippen molar-refractivity contribution in [2.24, 2.45) is 0 Å². The number of hydrogen-bond donors (Lipinski definition) is 0. The number of sulfonamides is 1. The molecule has 4 rings (SSSR count). The van der Waals surface area contributed by atoms with Crippen molar-refractivity contribution in [2.75, 3.05) is 31.4 Å². The molecule has 0 radical (unpaired) electrons. The van der Waals surface area contributed by atoms with E-state index in [1.165, 1.54) is 41.9 Å². The molecule has 182 valence electrons. The number of nitrogens with zero attached hydrogens (tertiary/aromatic N) is 4. The highest BCUT2D eigenvalue weighted by molar-refractivity contribution is 7.91. The van der Waals surface area contributed by atoms with Gasteiger partial charge in [-0.1, -0.05) is 6.07 Å². The van der Waals surface area contributed by atoms with Gasteiger partial charge in [-0.2, -0.15) is 9.29 Å². The van der Waals surface area contributed by atoms with E-state index < -0.39 is 19.9 Å². The lowest BCUT2D eigenvalue weighted by molar-refractivity contribution is 0.251. The van der Waals surface area contributed by atoms with Crippen LogP contribution < -0.4 is 9.64 Å². The van der Waals surface area contributed by atoms with Crippen LogP contribution in [0.1, 0.15) is 18.6 Å². The molecule has 1 aliphatic rings. The predicted molar refractivity (Wildman–Crippen MR) is 125 cm³/mol. The molecule has 3 heterocycles. The monoisotopic (exact) mass is 506 g/mol. The van der Waals surface area contributed by atoms with Crippen LogP contribution in [-0.4, -0.2) is 63.6 Å². The minimum absolute atomic E-state index is 0.0404. The first-order valence-electron chi connectivity index (χ1n) is 10.6. The summed E-state index contributed by atoms with van der Waals surface area (Å²) >= 11 is 0. The number of methoxy groups -OCH3 is 1. The lowest BCUT2D eigenvalue weighted by Crippen LogP contribution is -2.47. The number of rotatable bonds is 8. The van der Waals surface area contributed by atoms with Crippen molar-refractivity contribution in [2.45, 2.75) is 35.2 Å². The molecule has 1 fully saturated rings. The Hall–Kier alpha value is -2.96. The molecular weight excluding hydrogens is 480 g/mol. The Balaban J connectivity index is 1.61. The number of aromatic nitrogens is 2. The smallest absolute Gasteiger partial charge is 0.243 e. The highest BCUT2D eigenvalue weighted by Gasteiger charge is 2.35. The summed E-state index contributed by atoms with van der Waals surface area (Å²) in [5, 5.41) is 0. The summed E-state index contributed by atoms with van der Waals surface area (Å²) in [7, 11) is -6.04.